The molecule has 1 aromatic carbocycles. The molecule has 2 N–H and O–H groups in total. The second kappa shape index (κ2) is 5.73. The van der Waals surface area contributed by atoms with Crippen molar-refractivity contribution >= 4 is 38.6 Å². The first-order valence-electron chi connectivity index (χ1n) is 5.86. The standard InChI is InChI=1S/C13H15ClN2O2S2/c1-9-6-11(14)13(7-12(9)15)20(17,18)16(2)8-10-4-3-5-19-10/h3-7H,8,15H2,1-2H3. The molecular weight excluding hydrogens is 316 g/mol. The third kappa shape index (κ3) is 2.98. The molecule has 7 heteroatoms. The molecule has 0 spiro atoms. The number of benzene rings is 1. The predicted molar refractivity (Wildman–Crippen MR) is 83.6 cm³/mol. The van der Waals surface area contributed by atoms with Gasteiger partial charge in [0, 0.05) is 24.2 Å². The topological polar surface area (TPSA) is 63.4 Å². The maximum Gasteiger partial charge on any atom is 0.244 e. The summed E-state index contributed by atoms with van der Waals surface area (Å²) in [5.41, 5.74) is 6.96. The highest BCUT2D eigenvalue weighted by Crippen LogP contribution is 2.29. The Hall–Kier alpha value is -1.08. The number of hydrogen-bond acceptors (Lipinski definition) is 4. The van der Waals surface area contributed by atoms with Crippen LogP contribution in [0.1, 0.15) is 10.4 Å². The molecule has 108 valence electrons. The number of nitrogen functional groups attached to an aromatic ring is 1. The van der Waals surface area contributed by atoms with Gasteiger partial charge in [-0.25, -0.2) is 8.42 Å². The lowest BCUT2D eigenvalue weighted by molar-refractivity contribution is 0.470. The maximum atomic E-state index is 12.5. The third-order valence-corrected chi connectivity index (χ3v) is 6.10. The van der Waals surface area contributed by atoms with E-state index in [1.807, 2.05) is 17.5 Å². The second-order valence-corrected chi connectivity index (χ2v) is 7.93. The number of nitrogens with zero attached hydrogens (tertiary/aromatic N) is 1. The highest BCUT2D eigenvalue weighted by Gasteiger charge is 2.24. The number of hydrogen-bond donors (Lipinski definition) is 1. The molecule has 0 radical (unpaired) electrons. The average Bonchev–Trinajstić information content (AvgIpc) is 2.86. The number of sulfonamides is 1. The Labute approximate surface area is 127 Å². The van der Waals surface area contributed by atoms with Gasteiger partial charge in [0.25, 0.3) is 0 Å². The van der Waals surface area contributed by atoms with Gasteiger partial charge in [-0.3, -0.25) is 0 Å². The second-order valence-electron chi connectivity index (χ2n) is 4.48. The van der Waals surface area contributed by atoms with E-state index in [0.29, 0.717) is 12.2 Å². The van der Waals surface area contributed by atoms with E-state index in [1.165, 1.54) is 28.8 Å². The van der Waals surface area contributed by atoms with Crippen molar-refractivity contribution in [2.45, 2.75) is 18.4 Å². The fourth-order valence-corrected chi connectivity index (χ4v) is 4.32. The number of nitrogens with two attached hydrogens (primary N) is 1. The van der Waals surface area contributed by atoms with Crippen molar-refractivity contribution < 1.29 is 8.42 Å². The summed E-state index contributed by atoms with van der Waals surface area (Å²) in [6.07, 6.45) is 0. The third-order valence-electron chi connectivity index (χ3n) is 2.97. The molecule has 0 fully saturated rings. The number of rotatable bonds is 4. The minimum absolute atomic E-state index is 0.0429. The van der Waals surface area contributed by atoms with Crippen molar-refractivity contribution in [1.82, 2.24) is 4.31 Å². The Morgan fingerprint density at radius 1 is 1.40 bits per heavy atom. The smallest absolute Gasteiger partial charge is 0.244 e. The van der Waals surface area contributed by atoms with Crippen LogP contribution in [0.25, 0.3) is 0 Å². The molecule has 2 aromatic rings. The summed E-state index contributed by atoms with van der Waals surface area (Å²) in [5.74, 6) is 0. The Kier molecular flexibility index (Phi) is 4.39. The molecule has 1 heterocycles. The molecule has 2 rings (SSSR count). The van der Waals surface area contributed by atoms with Crippen molar-refractivity contribution in [1.29, 1.82) is 0 Å². The van der Waals surface area contributed by atoms with Gasteiger partial charge in [0.05, 0.1) is 5.02 Å². The largest absolute Gasteiger partial charge is 0.398 e. The molecule has 0 atom stereocenters. The lowest BCUT2D eigenvalue weighted by Gasteiger charge is -2.18. The van der Waals surface area contributed by atoms with Crippen LogP contribution in [0.4, 0.5) is 5.69 Å². The summed E-state index contributed by atoms with van der Waals surface area (Å²) in [6, 6.07) is 6.76. The molecule has 20 heavy (non-hydrogen) atoms. The van der Waals surface area contributed by atoms with E-state index in [9.17, 15) is 8.42 Å². The Bertz CT molecular complexity index is 712. The van der Waals surface area contributed by atoms with Gasteiger partial charge >= 0.3 is 0 Å². The van der Waals surface area contributed by atoms with Crippen LogP contribution in [0.5, 0.6) is 0 Å². The van der Waals surface area contributed by atoms with E-state index >= 15 is 0 Å². The number of aryl methyl sites for hydroxylation is 1. The number of halogens is 1. The molecule has 0 aliphatic heterocycles. The first-order valence-corrected chi connectivity index (χ1v) is 8.56. The summed E-state index contributed by atoms with van der Waals surface area (Å²) in [5, 5.41) is 2.10. The first kappa shape index (κ1) is 15.3. The van der Waals surface area contributed by atoms with Gasteiger partial charge in [-0.2, -0.15) is 4.31 Å². The van der Waals surface area contributed by atoms with Gasteiger partial charge in [-0.15, -0.1) is 11.3 Å². The fourth-order valence-electron chi connectivity index (χ4n) is 1.74. The fraction of sp³-hybridized carbons (Fsp3) is 0.231. The van der Waals surface area contributed by atoms with E-state index < -0.39 is 10.0 Å². The van der Waals surface area contributed by atoms with Crippen LogP contribution in [0.3, 0.4) is 0 Å². The molecule has 4 nitrogen and oxygen atoms in total. The molecule has 0 bridgehead atoms. The highest BCUT2D eigenvalue weighted by atomic mass is 35.5. The maximum absolute atomic E-state index is 12.5. The van der Waals surface area contributed by atoms with Gasteiger partial charge in [0.2, 0.25) is 10.0 Å². The van der Waals surface area contributed by atoms with Gasteiger partial charge in [0.1, 0.15) is 4.90 Å². The Morgan fingerprint density at radius 3 is 2.70 bits per heavy atom. The summed E-state index contributed by atoms with van der Waals surface area (Å²) < 4.78 is 26.3. The van der Waals surface area contributed by atoms with Crippen molar-refractivity contribution in [3.05, 3.63) is 45.1 Å². The molecule has 0 saturated carbocycles. The number of anilines is 1. The van der Waals surface area contributed by atoms with Crippen LogP contribution < -0.4 is 5.73 Å². The van der Waals surface area contributed by atoms with E-state index in [4.69, 9.17) is 17.3 Å². The molecule has 1 aromatic heterocycles. The lowest BCUT2D eigenvalue weighted by Crippen LogP contribution is -2.26. The van der Waals surface area contributed by atoms with Crippen molar-refractivity contribution in [3.63, 3.8) is 0 Å². The Balaban J connectivity index is 2.37. The minimum atomic E-state index is -3.66. The Morgan fingerprint density at radius 2 is 2.10 bits per heavy atom. The SMILES string of the molecule is Cc1cc(Cl)c(S(=O)(=O)N(C)Cc2cccs2)cc1N. The van der Waals surface area contributed by atoms with Crippen LogP contribution in [-0.2, 0) is 16.6 Å². The predicted octanol–water partition coefficient (Wildman–Crippen LogP) is 3.11. The van der Waals surface area contributed by atoms with Gasteiger partial charge < -0.3 is 5.73 Å². The van der Waals surface area contributed by atoms with Crippen molar-refractivity contribution in [3.8, 4) is 0 Å². The van der Waals surface area contributed by atoms with Crippen LogP contribution in [-0.4, -0.2) is 19.8 Å². The van der Waals surface area contributed by atoms with E-state index in [-0.39, 0.29) is 9.92 Å². The average molecular weight is 331 g/mol. The quantitative estimate of drug-likeness (QED) is 0.876. The lowest BCUT2D eigenvalue weighted by atomic mass is 10.2. The number of thiophene rings is 1. The molecule has 0 aliphatic rings. The van der Waals surface area contributed by atoms with E-state index in [0.717, 1.165) is 10.4 Å². The zero-order valence-electron chi connectivity index (χ0n) is 11.1. The monoisotopic (exact) mass is 330 g/mol. The molecule has 0 unspecified atom stereocenters. The summed E-state index contributed by atoms with van der Waals surface area (Å²) in [7, 11) is -2.13. The van der Waals surface area contributed by atoms with Crippen LogP contribution in [0.15, 0.2) is 34.5 Å². The minimum Gasteiger partial charge on any atom is -0.398 e. The van der Waals surface area contributed by atoms with Gasteiger partial charge in [-0.1, -0.05) is 17.7 Å². The molecule has 0 amide bonds. The van der Waals surface area contributed by atoms with Gasteiger partial charge in [-0.05, 0) is 36.1 Å². The molecule has 0 saturated heterocycles. The zero-order chi connectivity index (χ0) is 14.9. The van der Waals surface area contributed by atoms with Crippen LogP contribution in [0.2, 0.25) is 5.02 Å². The summed E-state index contributed by atoms with van der Waals surface area (Å²) in [6.45, 7) is 2.09. The highest BCUT2D eigenvalue weighted by molar-refractivity contribution is 7.89. The van der Waals surface area contributed by atoms with Crippen molar-refractivity contribution in [2.75, 3.05) is 12.8 Å². The molecular formula is C13H15ClN2O2S2. The first-order chi connectivity index (χ1) is 9.32. The van der Waals surface area contributed by atoms with Gasteiger partial charge in [0.15, 0.2) is 0 Å². The molecule has 0 aliphatic carbocycles. The van der Waals surface area contributed by atoms with Crippen LogP contribution in [0, 0.1) is 6.92 Å². The zero-order valence-corrected chi connectivity index (χ0v) is 13.5. The van der Waals surface area contributed by atoms with Crippen molar-refractivity contribution in [2.24, 2.45) is 0 Å². The normalized spacial score (nSPS) is 12.0. The van der Waals surface area contributed by atoms with E-state index in [1.54, 1.807) is 13.0 Å². The van der Waals surface area contributed by atoms with E-state index in [2.05, 4.69) is 0 Å². The van der Waals surface area contributed by atoms with Crippen LogP contribution >= 0.6 is 22.9 Å². The summed E-state index contributed by atoms with van der Waals surface area (Å²) in [4.78, 5) is 1.01. The summed E-state index contributed by atoms with van der Waals surface area (Å²) >= 11 is 7.56.